The maximum absolute atomic E-state index is 14.1. The Balaban J connectivity index is 2.28. The van der Waals surface area contributed by atoms with Crippen LogP contribution in [0.15, 0.2) is 24.3 Å². The van der Waals surface area contributed by atoms with Crippen molar-refractivity contribution in [2.75, 3.05) is 18.6 Å². The summed E-state index contributed by atoms with van der Waals surface area (Å²) < 4.78 is 14.1. The first kappa shape index (κ1) is 16.3. The minimum absolute atomic E-state index is 0.0688. The van der Waals surface area contributed by atoms with Gasteiger partial charge in [-0.05, 0) is 37.8 Å². The van der Waals surface area contributed by atoms with E-state index in [0.717, 1.165) is 12.2 Å². The van der Waals surface area contributed by atoms with E-state index in [1.807, 2.05) is 19.9 Å². The normalized spacial score (nSPS) is 25.6. The van der Waals surface area contributed by atoms with E-state index in [1.165, 1.54) is 6.07 Å². The summed E-state index contributed by atoms with van der Waals surface area (Å²) in [6.45, 7) is 4.54. The van der Waals surface area contributed by atoms with Crippen molar-refractivity contribution in [2.24, 2.45) is 0 Å². The van der Waals surface area contributed by atoms with Crippen LogP contribution in [-0.2, 0) is 4.79 Å². The monoisotopic (exact) mass is 310 g/mol. The lowest BCUT2D eigenvalue weighted by Crippen LogP contribution is -2.43. The van der Waals surface area contributed by atoms with E-state index >= 15 is 0 Å². The molecule has 5 heteroatoms. The minimum Gasteiger partial charge on any atom is -0.321 e. The molecule has 1 amide bonds. The Labute approximate surface area is 130 Å². The number of carbonyl (C=O) groups excluding carboxylic acids is 1. The summed E-state index contributed by atoms with van der Waals surface area (Å²) in [5, 5.41) is 3.33. The van der Waals surface area contributed by atoms with E-state index in [2.05, 4.69) is 11.6 Å². The zero-order valence-electron chi connectivity index (χ0n) is 12.9. The molecular weight excluding hydrogens is 287 g/mol. The van der Waals surface area contributed by atoms with Crippen LogP contribution >= 0.6 is 11.8 Å². The van der Waals surface area contributed by atoms with E-state index < -0.39 is 5.54 Å². The molecule has 1 aliphatic rings. The minimum atomic E-state index is -0.605. The average molecular weight is 310 g/mol. The number of hydrogen-bond acceptors (Lipinski definition) is 3. The average Bonchev–Trinajstić information content (AvgIpc) is 2.73. The number of thioether (sulfide) groups is 1. The Morgan fingerprint density at radius 1 is 1.43 bits per heavy atom. The molecule has 0 saturated carbocycles. The molecule has 2 unspecified atom stereocenters. The highest BCUT2D eigenvalue weighted by Crippen LogP contribution is 2.33. The van der Waals surface area contributed by atoms with Gasteiger partial charge in [-0.25, -0.2) is 4.39 Å². The maximum atomic E-state index is 14.1. The van der Waals surface area contributed by atoms with Crippen molar-refractivity contribution >= 4 is 17.7 Å². The summed E-state index contributed by atoms with van der Waals surface area (Å²) >= 11 is 1.76. The topological polar surface area (TPSA) is 32.3 Å². The summed E-state index contributed by atoms with van der Waals surface area (Å²) in [5.74, 6) is 0.800. The van der Waals surface area contributed by atoms with Gasteiger partial charge in [0.2, 0.25) is 5.91 Å². The molecule has 1 N–H and O–H groups in total. The third-order valence-corrected chi connectivity index (χ3v) is 4.85. The predicted octanol–water partition coefficient (Wildman–Crippen LogP) is 3.18. The second-order valence-electron chi connectivity index (χ2n) is 5.60. The highest BCUT2D eigenvalue weighted by atomic mass is 32.2. The van der Waals surface area contributed by atoms with Crippen LogP contribution in [0.25, 0.3) is 0 Å². The van der Waals surface area contributed by atoms with E-state index in [-0.39, 0.29) is 17.9 Å². The second-order valence-corrected chi connectivity index (χ2v) is 6.58. The van der Waals surface area contributed by atoms with Crippen molar-refractivity contribution in [1.82, 2.24) is 10.2 Å². The molecule has 2 atom stereocenters. The van der Waals surface area contributed by atoms with Gasteiger partial charge in [-0.1, -0.05) is 25.1 Å². The van der Waals surface area contributed by atoms with E-state index in [0.29, 0.717) is 18.5 Å². The van der Waals surface area contributed by atoms with Gasteiger partial charge in [0.15, 0.2) is 0 Å². The van der Waals surface area contributed by atoms with Crippen LogP contribution in [0, 0.1) is 5.82 Å². The van der Waals surface area contributed by atoms with Gasteiger partial charge in [0.25, 0.3) is 0 Å². The summed E-state index contributed by atoms with van der Waals surface area (Å²) in [6.07, 6.45) is 3.29. The zero-order valence-corrected chi connectivity index (χ0v) is 13.7. The molecule has 0 bridgehead atoms. The fraction of sp³-hybridized carbons (Fsp3) is 0.562. The van der Waals surface area contributed by atoms with Gasteiger partial charge in [-0.3, -0.25) is 10.1 Å². The highest BCUT2D eigenvalue weighted by Gasteiger charge is 2.47. The number of benzene rings is 1. The van der Waals surface area contributed by atoms with Crippen molar-refractivity contribution in [2.45, 2.75) is 38.4 Å². The molecule has 0 aliphatic carbocycles. The molecule has 1 aromatic rings. The second kappa shape index (κ2) is 6.79. The molecule has 0 spiro atoms. The van der Waals surface area contributed by atoms with E-state index in [4.69, 9.17) is 0 Å². The van der Waals surface area contributed by atoms with Crippen molar-refractivity contribution in [3.63, 3.8) is 0 Å². The van der Waals surface area contributed by atoms with Crippen LogP contribution in [0.4, 0.5) is 4.39 Å². The maximum Gasteiger partial charge on any atom is 0.244 e. The lowest BCUT2D eigenvalue weighted by Gasteiger charge is -2.24. The Bertz CT molecular complexity index is 511. The molecular formula is C16H23FN2OS. The van der Waals surface area contributed by atoms with Crippen molar-refractivity contribution in [1.29, 1.82) is 0 Å². The highest BCUT2D eigenvalue weighted by molar-refractivity contribution is 7.98. The van der Waals surface area contributed by atoms with Gasteiger partial charge in [0.1, 0.15) is 12.0 Å². The molecule has 21 heavy (non-hydrogen) atoms. The lowest BCUT2D eigenvalue weighted by molar-refractivity contribution is -0.133. The molecule has 0 aromatic heterocycles. The molecule has 3 nitrogen and oxygen atoms in total. The first-order chi connectivity index (χ1) is 10.0. The number of nitrogens with one attached hydrogen (secondary N) is 1. The molecule has 1 aliphatic heterocycles. The van der Waals surface area contributed by atoms with Gasteiger partial charge in [0, 0.05) is 12.1 Å². The number of nitrogens with zero attached hydrogens (tertiary/aromatic N) is 1. The first-order valence-corrected chi connectivity index (χ1v) is 8.75. The summed E-state index contributed by atoms with van der Waals surface area (Å²) in [5.41, 5.74) is -0.0565. The number of halogens is 1. The predicted molar refractivity (Wildman–Crippen MR) is 85.7 cm³/mol. The molecule has 2 rings (SSSR count). The molecule has 0 radical (unpaired) electrons. The van der Waals surface area contributed by atoms with Crippen molar-refractivity contribution < 1.29 is 9.18 Å². The SMILES string of the molecule is CCC1(C)NC(c2ccccc2F)N(CCCSC)C1=O. The molecule has 1 heterocycles. The molecule has 116 valence electrons. The van der Waals surface area contributed by atoms with Gasteiger partial charge in [-0.15, -0.1) is 0 Å². The summed E-state index contributed by atoms with van der Waals surface area (Å²) in [4.78, 5) is 14.5. The van der Waals surface area contributed by atoms with Gasteiger partial charge >= 0.3 is 0 Å². The quantitative estimate of drug-likeness (QED) is 0.819. The van der Waals surface area contributed by atoms with Crippen molar-refractivity contribution in [3.8, 4) is 0 Å². The van der Waals surface area contributed by atoms with Crippen LogP contribution in [0.2, 0.25) is 0 Å². The van der Waals surface area contributed by atoms with Crippen LogP contribution < -0.4 is 5.32 Å². The molecule has 1 fully saturated rings. The Hall–Kier alpha value is -1.07. The molecule has 1 saturated heterocycles. The number of carbonyl (C=O) groups is 1. The third-order valence-electron chi connectivity index (χ3n) is 4.15. The lowest BCUT2D eigenvalue weighted by atomic mass is 9.99. The van der Waals surface area contributed by atoms with Gasteiger partial charge in [0.05, 0.1) is 5.54 Å². The Morgan fingerprint density at radius 3 is 2.76 bits per heavy atom. The van der Waals surface area contributed by atoms with Crippen LogP contribution in [-0.4, -0.2) is 34.9 Å². The van der Waals surface area contributed by atoms with Crippen molar-refractivity contribution in [3.05, 3.63) is 35.6 Å². The number of hydrogen-bond donors (Lipinski definition) is 1. The fourth-order valence-corrected chi connectivity index (χ4v) is 3.10. The van der Waals surface area contributed by atoms with E-state index in [9.17, 15) is 9.18 Å². The van der Waals surface area contributed by atoms with Crippen LogP contribution in [0.3, 0.4) is 0 Å². The Kier molecular flexibility index (Phi) is 5.27. The van der Waals surface area contributed by atoms with E-state index in [1.54, 1.807) is 28.8 Å². The number of rotatable bonds is 6. The van der Waals surface area contributed by atoms with Crippen LogP contribution in [0.5, 0.6) is 0 Å². The number of amides is 1. The molecule has 1 aromatic carbocycles. The largest absolute Gasteiger partial charge is 0.321 e. The smallest absolute Gasteiger partial charge is 0.244 e. The first-order valence-electron chi connectivity index (χ1n) is 7.35. The summed E-state index contributed by atoms with van der Waals surface area (Å²) in [6, 6.07) is 6.69. The fourth-order valence-electron chi connectivity index (χ4n) is 2.68. The standard InChI is InChI=1S/C16H23FN2OS/c1-4-16(2)15(20)19(10-7-11-21-3)14(18-16)12-8-5-6-9-13(12)17/h5-6,8-9,14,18H,4,7,10-11H2,1-3H3. The van der Waals surface area contributed by atoms with Gasteiger partial charge < -0.3 is 4.90 Å². The third kappa shape index (κ3) is 3.24. The van der Waals surface area contributed by atoms with Crippen LogP contribution in [0.1, 0.15) is 38.4 Å². The Morgan fingerprint density at radius 2 is 2.14 bits per heavy atom. The summed E-state index contributed by atoms with van der Waals surface area (Å²) in [7, 11) is 0. The zero-order chi connectivity index (χ0) is 15.5. The van der Waals surface area contributed by atoms with Gasteiger partial charge in [-0.2, -0.15) is 11.8 Å².